The molecule has 1 aromatic rings. The zero-order valence-corrected chi connectivity index (χ0v) is 11.1. The maximum Gasteiger partial charge on any atom is 0.105 e. The molecule has 0 radical (unpaired) electrons. The highest BCUT2D eigenvalue weighted by Crippen LogP contribution is 2.37. The number of hydrogen-bond donors (Lipinski definition) is 0. The first-order valence-corrected chi connectivity index (χ1v) is 6.65. The molecule has 0 aromatic heterocycles. The first-order valence-electron chi connectivity index (χ1n) is 6.28. The number of aliphatic imine (C=N–C) groups is 1. The molecule has 90 valence electrons. The number of rotatable bonds is 0. The van der Waals surface area contributed by atoms with Gasteiger partial charge in [-0.3, -0.25) is 0 Å². The van der Waals surface area contributed by atoms with E-state index in [1.54, 1.807) is 0 Å². The minimum Gasteiger partial charge on any atom is -0.356 e. The molecule has 0 N–H and O–H groups in total. The van der Waals surface area contributed by atoms with Gasteiger partial charge in [-0.05, 0) is 43.4 Å². The predicted octanol–water partition coefficient (Wildman–Crippen LogP) is 3.99. The fraction of sp³-hybridized carbons (Fsp3) is 0.500. The first kappa shape index (κ1) is 11.1. The van der Waals surface area contributed by atoms with Gasteiger partial charge >= 0.3 is 0 Å². The number of benzene rings is 1. The third kappa shape index (κ3) is 1.75. The molecule has 2 aliphatic heterocycles. The summed E-state index contributed by atoms with van der Waals surface area (Å²) in [5.41, 5.74) is 4.75. The van der Waals surface area contributed by atoms with Gasteiger partial charge in [-0.25, -0.2) is 4.99 Å². The van der Waals surface area contributed by atoms with Crippen LogP contribution in [0.1, 0.15) is 36.0 Å². The van der Waals surface area contributed by atoms with E-state index in [4.69, 9.17) is 16.6 Å². The molecule has 3 rings (SSSR count). The molecule has 1 fully saturated rings. The molecule has 0 unspecified atom stereocenters. The molecule has 0 atom stereocenters. The fourth-order valence-corrected chi connectivity index (χ4v) is 2.96. The third-order valence-corrected chi connectivity index (χ3v) is 4.35. The van der Waals surface area contributed by atoms with Gasteiger partial charge in [0.1, 0.15) is 5.84 Å². The summed E-state index contributed by atoms with van der Waals surface area (Å²) in [7, 11) is 0. The van der Waals surface area contributed by atoms with Crippen LogP contribution in [0.2, 0.25) is 5.02 Å². The standard InChI is InChI=1S/C14H17ClN2/c1-9-7-11-8-17-6-4-3-5-12(17)16-14(11)10(2)13(9)15/h7H,3-6,8H2,1-2H3. The van der Waals surface area contributed by atoms with E-state index in [1.807, 2.05) is 0 Å². The van der Waals surface area contributed by atoms with Crippen molar-refractivity contribution in [3.8, 4) is 0 Å². The van der Waals surface area contributed by atoms with Gasteiger partial charge in [-0.15, -0.1) is 0 Å². The summed E-state index contributed by atoms with van der Waals surface area (Å²) in [5.74, 6) is 1.26. The molecule has 1 saturated heterocycles. The van der Waals surface area contributed by atoms with Gasteiger partial charge < -0.3 is 4.90 Å². The Kier molecular flexibility index (Phi) is 2.62. The van der Waals surface area contributed by atoms with Gasteiger partial charge in [-0.2, -0.15) is 0 Å². The average Bonchev–Trinajstić information content (AvgIpc) is 2.34. The van der Waals surface area contributed by atoms with E-state index in [0.717, 1.165) is 35.8 Å². The van der Waals surface area contributed by atoms with Crippen molar-refractivity contribution in [2.75, 3.05) is 6.54 Å². The summed E-state index contributed by atoms with van der Waals surface area (Å²) in [4.78, 5) is 7.24. The zero-order chi connectivity index (χ0) is 12.0. The van der Waals surface area contributed by atoms with Gasteiger partial charge in [-0.1, -0.05) is 17.7 Å². The largest absolute Gasteiger partial charge is 0.356 e. The van der Waals surface area contributed by atoms with Crippen LogP contribution in [0.5, 0.6) is 0 Å². The second-order valence-electron chi connectivity index (χ2n) is 5.05. The molecule has 0 bridgehead atoms. The zero-order valence-electron chi connectivity index (χ0n) is 10.4. The van der Waals surface area contributed by atoms with Crippen LogP contribution in [-0.4, -0.2) is 17.3 Å². The Bertz CT molecular complexity index is 505. The molecule has 0 aliphatic carbocycles. The lowest BCUT2D eigenvalue weighted by Gasteiger charge is -2.34. The number of aryl methyl sites for hydroxylation is 1. The van der Waals surface area contributed by atoms with E-state index in [9.17, 15) is 0 Å². The number of piperidine rings is 1. The van der Waals surface area contributed by atoms with Crippen molar-refractivity contribution in [2.24, 2.45) is 4.99 Å². The highest BCUT2D eigenvalue weighted by atomic mass is 35.5. The minimum absolute atomic E-state index is 0.873. The molecule has 0 saturated carbocycles. The molecule has 2 nitrogen and oxygen atoms in total. The minimum atomic E-state index is 0.873. The van der Waals surface area contributed by atoms with E-state index >= 15 is 0 Å². The topological polar surface area (TPSA) is 15.6 Å². The fourth-order valence-electron chi connectivity index (χ4n) is 2.81. The second-order valence-corrected chi connectivity index (χ2v) is 5.42. The normalized spacial score (nSPS) is 18.5. The van der Waals surface area contributed by atoms with Crippen LogP contribution >= 0.6 is 11.6 Å². The van der Waals surface area contributed by atoms with Crippen molar-refractivity contribution in [1.82, 2.24) is 4.90 Å². The van der Waals surface area contributed by atoms with Crippen molar-refractivity contribution in [3.05, 3.63) is 27.8 Å². The Hall–Kier alpha value is -1.02. The van der Waals surface area contributed by atoms with Crippen molar-refractivity contribution in [1.29, 1.82) is 0 Å². The van der Waals surface area contributed by atoms with E-state index < -0.39 is 0 Å². The van der Waals surface area contributed by atoms with Crippen LogP contribution in [0, 0.1) is 13.8 Å². The monoisotopic (exact) mass is 248 g/mol. The molecular formula is C14H17ClN2. The first-order chi connectivity index (χ1) is 8.16. The molecule has 17 heavy (non-hydrogen) atoms. The summed E-state index contributed by atoms with van der Waals surface area (Å²) in [6, 6.07) is 2.19. The Morgan fingerprint density at radius 3 is 2.94 bits per heavy atom. The van der Waals surface area contributed by atoms with Gasteiger partial charge in [0.05, 0.1) is 5.69 Å². The number of hydrogen-bond acceptors (Lipinski definition) is 2. The SMILES string of the molecule is Cc1cc2c(c(C)c1Cl)N=C1CCCCN1C2. The predicted molar refractivity (Wildman–Crippen MR) is 72.3 cm³/mol. The van der Waals surface area contributed by atoms with Crippen molar-refractivity contribution in [3.63, 3.8) is 0 Å². The molecule has 0 spiro atoms. The van der Waals surface area contributed by atoms with Crippen LogP contribution in [-0.2, 0) is 6.54 Å². The highest BCUT2D eigenvalue weighted by Gasteiger charge is 2.24. The van der Waals surface area contributed by atoms with Crippen LogP contribution < -0.4 is 0 Å². The van der Waals surface area contributed by atoms with Gasteiger partial charge in [0.25, 0.3) is 0 Å². The smallest absolute Gasteiger partial charge is 0.105 e. The summed E-state index contributed by atoms with van der Waals surface area (Å²) < 4.78 is 0. The van der Waals surface area contributed by atoms with E-state index in [-0.39, 0.29) is 0 Å². The number of amidine groups is 1. The number of nitrogens with zero attached hydrogens (tertiary/aromatic N) is 2. The molecule has 2 heterocycles. The van der Waals surface area contributed by atoms with Gasteiger partial charge in [0.15, 0.2) is 0 Å². The maximum atomic E-state index is 6.31. The van der Waals surface area contributed by atoms with E-state index in [0.29, 0.717) is 0 Å². The van der Waals surface area contributed by atoms with E-state index in [2.05, 4.69) is 24.8 Å². The van der Waals surface area contributed by atoms with Gasteiger partial charge in [0.2, 0.25) is 0 Å². The maximum absolute atomic E-state index is 6.31. The summed E-state index contributed by atoms with van der Waals surface area (Å²) >= 11 is 6.31. The lowest BCUT2D eigenvalue weighted by molar-refractivity contribution is 0.359. The van der Waals surface area contributed by atoms with Crippen molar-refractivity contribution < 1.29 is 0 Å². The van der Waals surface area contributed by atoms with Crippen molar-refractivity contribution in [2.45, 2.75) is 39.7 Å². The quantitative estimate of drug-likeness (QED) is 0.678. The average molecular weight is 249 g/mol. The Morgan fingerprint density at radius 2 is 2.12 bits per heavy atom. The molecular weight excluding hydrogens is 232 g/mol. The Morgan fingerprint density at radius 1 is 1.29 bits per heavy atom. The van der Waals surface area contributed by atoms with Crippen LogP contribution in [0.25, 0.3) is 0 Å². The highest BCUT2D eigenvalue weighted by molar-refractivity contribution is 6.32. The number of halogens is 1. The Balaban J connectivity index is 2.13. The van der Waals surface area contributed by atoms with Crippen LogP contribution in [0.4, 0.5) is 5.69 Å². The Labute approximate surface area is 107 Å². The molecule has 3 heteroatoms. The van der Waals surface area contributed by atoms with Crippen LogP contribution in [0.3, 0.4) is 0 Å². The molecule has 1 aromatic carbocycles. The molecule has 0 amide bonds. The van der Waals surface area contributed by atoms with Crippen LogP contribution in [0.15, 0.2) is 11.1 Å². The summed E-state index contributed by atoms with van der Waals surface area (Å²) in [6.45, 7) is 6.31. The van der Waals surface area contributed by atoms with Crippen molar-refractivity contribution >= 4 is 23.1 Å². The third-order valence-electron chi connectivity index (χ3n) is 3.77. The molecule has 2 aliphatic rings. The number of fused-ring (bicyclic) bond motifs is 2. The second kappa shape index (κ2) is 4.02. The van der Waals surface area contributed by atoms with Gasteiger partial charge in [0, 0.05) is 24.5 Å². The lowest BCUT2D eigenvalue weighted by Crippen LogP contribution is -2.36. The summed E-state index contributed by atoms with van der Waals surface area (Å²) in [5, 5.41) is 0.873. The summed E-state index contributed by atoms with van der Waals surface area (Å²) in [6.07, 6.45) is 3.67. The lowest BCUT2D eigenvalue weighted by atomic mass is 9.99. The van der Waals surface area contributed by atoms with E-state index in [1.165, 1.54) is 29.8 Å².